The number of fused-ring (bicyclic) bond motifs is 1. The van der Waals surface area contributed by atoms with E-state index in [0.29, 0.717) is 0 Å². The maximum atomic E-state index is 4.32. The van der Waals surface area contributed by atoms with E-state index in [-0.39, 0.29) is 5.41 Å². The SMILES string of the molecule is C=C1/C=C\C=C/Cc2ccc(C3=CC=C(I)CC3)cc2C1(C)C. The summed E-state index contributed by atoms with van der Waals surface area (Å²) in [6.45, 7) is 8.88. The molecule has 0 aromatic heterocycles. The molecule has 0 nitrogen and oxygen atoms in total. The van der Waals surface area contributed by atoms with Crippen LogP contribution in [0.5, 0.6) is 0 Å². The van der Waals surface area contributed by atoms with Gasteiger partial charge in [-0.25, -0.2) is 0 Å². The average Bonchev–Trinajstić information content (AvgIpc) is 2.59. The Balaban J connectivity index is 2.10. The number of hydrogen-bond donors (Lipinski definition) is 0. The second-order valence-corrected chi connectivity index (χ2v) is 8.20. The molecule has 1 aromatic rings. The van der Waals surface area contributed by atoms with Crippen molar-refractivity contribution in [2.75, 3.05) is 0 Å². The first-order valence-corrected chi connectivity index (χ1v) is 9.28. The monoisotopic (exact) mass is 414 g/mol. The first kappa shape index (κ1) is 16.5. The summed E-state index contributed by atoms with van der Waals surface area (Å²) in [7, 11) is 0. The summed E-state index contributed by atoms with van der Waals surface area (Å²) in [5, 5.41) is 0. The van der Waals surface area contributed by atoms with Crippen molar-refractivity contribution in [3.8, 4) is 0 Å². The summed E-state index contributed by atoms with van der Waals surface area (Å²) in [5.74, 6) is 0. The van der Waals surface area contributed by atoms with Crippen LogP contribution in [0.25, 0.3) is 5.57 Å². The van der Waals surface area contributed by atoms with Crippen LogP contribution < -0.4 is 0 Å². The van der Waals surface area contributed by atoms with E-state index < -0.39 is 0 Å². The molecule has 0 spiro atoms. The van der Waals surface area contributed by atoms with Gasteiger partial charge in [-0.05, 0) is 73.3 Å². The normalized spacial score (nSPS) is 22.8. The molecule has 0 bridgehead atoms. The van der Waals surface area contributed by atoms with Gasteiger partial charge in [0.25, 0.3) is 0 Å². The first-order chi connectivity index (χ1) is 11.0. The van der Waals surface area contributed by atoms with Crippen LogP contribution in [0.1, 0.15) is 43.4 Å². The maximum Gasteiger partial charge on any atom is 0.0143 e. The fourth-order valence-corrected chi connectivity index (χ4v) is 3.66. The molecule has 0 saturated heterocycles. The van der Waals surface area contributed by atoms with E-state index in [1.54, 1.807) is 0 Å². The van der Waals surface area contributed by atoms with E-state index in [0.717, 1.165) is 24.8 Å². The van der Waals surface area contributed by atoms with Gasteiger partial charge in [0.1, 0.15) is 0 Å². The van der Waals surface area contributed by atoms with Gasteiger partial charge in [0.05, 0.1) is 0 Å². The Hall–Kier alpha value is -1.35. The molecule has 1 heteroatoms. The van der Waals surface area contributed by atoms with Crippen LogP contribution >= 0.6 is 22.6 Å². The zero-order valence-electron chi connectivity index (χ0n) is 13.9. The number of allylic oxidation sites excluding steroid dienone is 9. The minimum atomic E-state index is -0.0483. The third kappa shape index (κ3) is 3.45. The summed E-state index contributed by atoms with van der Waals surface area (Å²) < 4.78 is 1.44. The van der Waals surface area contributed by atoms with Crippen LogP contribution in [0.15, 0.2) is 70.4 Å². The Kier molecular flexibility index (Phi) is 4.77. The van der Waals surface area contributed by atoms with Crippen molar-refractivity contribution in [2.24, 2.45) is 0 Å². The van der Waals surface area contributed by atoms with Gasteiger partial charge in [-0.2, -0.15) is 0 Å². The minimum absolute atomic E-state index is 0.0483. The lowest BCUT2D eigenvalue weighted by Gasteiger charge is -2.29. The van der Waals surface area contributed by atoms with E-state index >= 15 is 0 Å². The Morgan fingerprint density at radius 1 is 1.09 bits per heavy atom. The van der Waals surface area contributed by atoms with Gasteiger partial charge in [0.2, 0.25) is 0 Å². The second kappa shape index (κ2) is 6.64. The van der Waals surface area contributed by atoms with Gasteiger partial charge in [-0.1, -0.05) is 75.1 Å². The van der Waals surface area contributed by atoms with Crippen LogP contribution in [0.3, 0.4) is 0 Å². The smallest absolute Gasteiger partial charge is 0.0143 e. The highest BCUT2D eigenvalue weighted by Crippen LogP contribution is 2.38. The quantitative estimate of drug-likeness (QED) is 0.450. The molecular formula is C22H23I. The van der Waals surface area contributed by atoms with Crippen LogP contribution in [0, 0.1) is 0 Å². The molecule has 0 amide bonds. The predicted octanol–water partition coefficient (Wildman–Crippen LogP) is 6.69. The molecule has 0 saturated carbocycles. The molecule has 0 aliphatic heterocycles. The zero-order valence-corrected chi connectivity index (χ0v) is 16.1. The molecule has 0 unspecified atom stereocenters. The molecule has 2 aliphatic rings. The van der Waals surface area contributed by atoms with Crippen molar-refractivity contribution in [3.63, 3.8) is 0 Å². The van der Waals surface area contributed by atoms with Gasteiger partial charge >= 0.3 is 0 Å². The lowest BCUT2D eigenvalue weighted by atomic mass is 9.74. The number of rotatable bonds is 1. The van der Waals surface area contributed by atoms with Gasteiger partial charge < -0.3 is 0 Å². The largest absolute Gasteiger partial charge is 0.0949 e. The molecule has 3 rings (SSSR count). The van der Waals surface area contributed by atoms with Crippen LogP contribution in [0.4, 0.5) is 0 Å². The van der Waals surface area contributed by atoms with Crippen molar-refractivity contribution in [2.45, 2.75) is 38.5 Å². The number of hydrogen-bond acceptors (Lipinski definition) is 0. The summed E-state index contributed by atoms with van der Waals surface area (Å²) >= 11 is 2.43. The van der Waals surface area contributed by atoms with E-state index in [1.807, 2.05) is 0 Å². The summed E-state index contributed by atoms with van der Waals surface area (Å²) in [4.78, 5) is 0. The van der Waals surface area contributed by atoms with Crippen molar-refractivity contribution < 1.29 is 0 Å². The van der Waals surface area contributed by atoms with E-state index in [2.05, 4.69) is 97.7 Å². The number of benzene rings is 1. The van der Waals surface area contributed by atoms with Crippen molar-refractivity contribution in [1.82, 2.24) is 0 Å². The lowest BCUT2D eigenvalue weighted by Crippen LogP contribution is -2.21. The molecule has 1 aromatic carbocycles. The maximum absolute atomic E-state index is 4.32. The standard InChI is InChI=1S/C22H23I/c1-16-7-5-4-6-8-18-9-10-19(15-21(18)22(16,2)3)17-11-13-20(23)14-12-17/h4-7,9-11,13,15H,1,8,12,14H2,2-3H3/b6-4-,7-5-. The fraction of sp³-hybridized carbons (Fsp3) is 0.273. The molecule has 118 valence electrons. The Labute approximate surface area is 153 Å². The highest BCUT2D eigenvalue weighted by atomic mass is 127. The topological polar surface area (TPSA) is 0 Å². The van der Waals surface area contributed by atoms with Crippen molar-refractivity contribution in [3.05, 3.63) is 87.1 Å². The van der Waals surface area contributed by atoms with Crippen molar-refractivity contribution >= 4 is 28.2 Å². The van der Waals surface area contributed by atoms with Crippen LogP contribution in [-0.2, 0) is 11.8 Å². The first-order valence-electron chi connectivity index (χ1n) is 8.20. The van der Waals surface area contributed by atoms with Gasteiger partial charge in [-0.15, -0.1) is 0 Å². The molecule has 0 atom stereocenters. The van der Waals surface area contributed by atoms with Gasteiger partial charge in [-0.3, -0.25) is 0 Å². The summed E-state index contributed by atoms with van der Waals surface area (Å²) in [6.07, 6.45) is 16.4. The number of halogens is 1. The van der Waals surface area contributed by atoms with Crippen LogP contribution in [0.2, 0.25) is 0 Å². The minimum Gasteiger partial charge on any atom is -0.0949 e. The Bertz CT molecular complexity index is 754. The third-order valence-corrected chi connectivity index (χ3v) is 5.84. The van der Waals surface area contributed by atoms with E-state index in [4.69, 9.17) is 0 Å². The molecular weight excluding hydrogens is 391 g/mol. The summed E-state index contributed by atoms with van der Waals surface area (Å²) in [5.41, 5.74) is 6.72. The molecule has 0 fully saturated rings. The highest BCUT2D eigenvalue weighted by molar-refractivity contribution is 14.1. The molecule has 0 N–H and O–H groups in total. The van der Waals surface area contributed by atoms with E-state index in [9.17, 15) is 0 Å². The van der Waals surface area contributed by atoms with Gasteiger partial charge in [0.15, 0.2) is 0 Å². The molecule has 0 radical (unpaired) electrons. The average molecular weight is 414 g/mol. The summed E-state index contributed by atoms with van der Waals surface area (Å²) in [6, 6.07) is 6.99. The van der Waals surface area contributed by atoms with E-state index in [1.165, 1.54) is 25.8 Å². The van der Waals surface area contributed by atoms with Gasteiger partial charge in [0, 0.05) is 5.41 Å². The molecule has 23 heavy (non-hydrogen) atoms. The van der Waals surface area contributed by atoms with Crippen LogP contribution in [-0.4, -0.2) is 0 Å². The molecule has 0 heterocycles. The highest BCUT2D eigenvalue weighted by Gasteiger charge is 2.26. The fourth-order valence-electron chi connectivity index (χ4n) is 3.21. The molecule has 2 aliphatic carbocycles. The van der Waals surface area contributed by atoms with Crippen molar-refractivity contribution in [1.29, 1.82) is 0 Å². The lowest BCUT2D eigenvalue weighted by molar-refractivity contribution is 0.635. The Morgan fingerprint density at radius 3 is 2.65 bits per heavy atom. The third-order valence-electron chi connectivity index (χ3n) is 4.94. The zero-order chi connectivity index (χ0) is 16.4. The Morgan fingerprint density at radius 2 is 1.91 bits per heavy atom. The second-order valence-electron chi connectivity index (χ2n) is 6.82. The predicted molar refractivity (Wildman–Crippen MR) is 110 cm³/mol.